The molecule has 0 amide bonds. The number of hydrogen-bond acceptors (Lipinski definition) is 1. The van der Waals surface area contributed by atoms with E-state index in [9.17, 15) is 0 Å². The summed E-state index contributed by atoms with van der Waals surface area (Å²) in [5.41, 5.74) is 6.16. The van der Waals surface area contributed by atoms with E-state index in [2.05, 4.69) is 69.4 Å². The first-order chi connectivity index (χ1) is 9.54. The Morgan fingerprint density at radius 3 is 2.40 bits per heavy atom. The van der Waals surface area contributed by atoms with E-state index >= 15 is 0 Å². The summed E-state index contributed by atoms with van der Waals surface area (Å²) in [5, 5.41) is 4.42. The predicted molar refractivity (Wildman–Crippen MR) is 87.6 cm³/mol. The molecule has 106 valence electrons. The van der Waals surface area contributed by atoms with Gasteiger partial charge in [-0.25, -0.2) is 0 Å². The Bertz CT molecular complexity index is 604. The van der Waals surface area contributed by atoms with E-state index in [0.717, 1.165) is 22.7 Å². The van der Waals surface area contributed by atoms with Crippen molar-refractivity contribution in [1.82, 2.24) is 5.32 Å². The topological polar surface area (TPSA) is 12.0 Å². The Balaban J connectivity index is 2.53. The minimum absolute atomic E-state index is 0.146. The summed E-state index contributed by atoms with van der Waals surface area (Å²) in [4.78, 5) is 0. The number of aryl methyl sites for hydroxylation is 3. The largest absolute Gasteiger partial charge is 0.306 e. The molecular weight excluding hydrogens is 266 g/mol. The first-order valence-corrected chi connectivity index (χ1v) is 7.48. The molecule has 0 spiro atoms. The van der Waals surface area contributed by atoms with Crippen molar-refractivity contribution in [2.45, 2.75) is 33.7 Å². The van der Waals surface area contributed by atoms with Gasteiger partial charge in [0.05, 0.1) is 6.04 Å². The van der Waals surface area contributed by atoms with Crippen LogP contribution >= 0.6 is 11.6 Å². The lowest BCUT2D eigenvalue weighted by molar-refractivity contribution is 0.627. The van der Waals surface area contributed by atoms with E-state index in [1.54, 1.807) is 0 Å². The highest BCUT2D eigenvalue weighted by Crippen LogP contribution is 2.32. The second-order valence-electron chi connectivity index (χ2n) is 5.33. The molecule has 2 rings (SSSR count). The van der Waals surface area contributed by atoms with E-state index in [-0.39, 0.29) is 6.04 Å². The second-order valence-corrected chi connectivity index (χ2v) is 5.71. The van der Waals surface area contributed by atoms with Gasteiger partial charge in [0.15, 0.2) is 0 Å². The third-order valence-electron chi connectivity index (χ3n) is 3.68. The molecule has 0 radical (unpaired) electrons. The van der Waals surface area contributed by atoms with E-state index in [0.29, 0.717) is 0 Å². The number of hydrogen-bond donors (Lipinski definition) is 1. The van der Waals surface area contributed by atoms with Crippen LogP contribution in [-0.4, -0.2) is 6.54 Å². The highest BCUT2D eigenvalue weighted by Gasteiger charge is 2.18. The van der Waals surface area contributed by atoms with Crippen LogP contribution in [0.5, 0.6) is 0 Å². The molecular formula is C18H22ClN. The third-order valence-corrected chi connectivity index (χ3v) is 4.19. The van der Waals surface area contributed by atoms with Crippen LogP contribution < -0.4 is 5.32 Å². The molecule has 1 atom stereocenters. The van der Waals surface area contributed by atoms with Gasteiger partial charge in [-0.2, -0.15) is 0 Å². The van der Waals surface area contributed by atoms with Gasteiger partial charge in [-0.05, 0) is 49.6 Å². The quantitative estimate of drug-likeness (QED) is 0.838. The van der Waals surface area contributed by atoms with Crippen molar-refractivity contribution in [3.05, 3.63) is 69.2 Å². The van der Waals surface area contributed by atoms with Crippen molar-refractivity contribution in [2.75, 3.05) is 6.54 Å². The Labute approximate surface area is 127 Å². The molecule has 20 heavy (non-hydrogen) atoms. The van der Waals surface area contributed by atoms with Gasteiger partial charge in [-0.15, -0.1) is 0 Å². The molecule has 2 aromatic rings. The Kier molecular flexibility index (Phi) is 4.85. The Morgan fingerprint density at radius 1 is 1.00 bits per heavy atom. The molecule has 0 saturated heterocycles. The van der Waals surface area contributed by atoms with Crippen molar-refractivity contribution < 1.29 is 0 Å². The van der Waals surface area contributed by atoms with Crippen LogP contribution in [0.15, 0.2) is 36.4 Å². The van der Waals surface area contributed by atoms with E-state index in [1.807, 2.05) is 0 Å². The highest BCUT2D eigenvalue weighted by molar-refractivity contribution is 6.32. The summed E-state index contributed by atoms with van der Waals surface area (Å²) in [7, 11) is 0. The summed E-state index contributed by atoms with van der Waals surface area (Å²) in [5.74, 6) is 0. The fourth-order valence-corrected chi connectivity index (χ4v) is 2.87. The molecule has 0 aromatic heterocycles. The minimum Gasteiger partial charge on any atom is -0.306 e. The summed E-state index contributed by atoms with van der Waals surface area (Å²) in [6.45, 7) is 9.37. The zero-order chi connectivity index (χ0) is 14.7. The molecule has 2 aromatic carbocycles. The maximum atomic E-state index is 6.52. The van der Waals surface area contributed by atoms with Crippen LogP contribution in [0.4, 0.5) is 0 Å². The maximum absolute atomic E-state index is 6.52. The first-order valence-electron chi connectivity index (χ1n) is 7.10. The molecule has 1 nitrogen and oxygen atoms in total. The molecule has 1 N–H and O–H groups in total. The number of rotatable bonds is 4. The molecule has 0 heterocycles. The Hall–Kier alpha value is -1.31. The third kappa shape index (κ3) is 3.05. The van der Waals surface area contributed by atoms with Crippen LogP contribution in [-0.2, 0) is 0 Å². The molecule has 0 bridgehead atoms. The normalized spacial score (nSPS) is 12.4. The maximum Gasteiger partial charge on any atom is 0.0594 e. The van der Waals surface area contributed by atoms with Crippen LogP contribution in [0.25, 0.3) is 0 Å². The molecule has 0 aliphatic rings. The smallest absolute Gasteiger partial charge is 0.0594 e. The molecule has 0 aliphatic heterocycles. The van der Waals surface area contributed by atoms with Crippen molar-refractivity contribution in [3.8, 4) is 0 Å². The SMILES string of the molecule is CCNC(c1ccc(C)cc1C)c1cccc(C)c1Cl. The number of benzene rings is 2. The van der Waals surface area contributed by atoms with Crippen LogP contribution in [0, 0.1) is 20.8 Å². The average Bonchev–Trinajstić information content (AvgIpc) is 2.40. The first kappa shape index (κ1) is 15.1. The summed E-state index contributed by atoms with van der Waals surface area (Å²) in [6.07, 6.45) is 0. The number of halogens is 1. The molecule has 1 unspecified atom stereocenters. The van der Waals surface area contributed by atoms with Gasteiger partial charge in [-0.3, -0.25) is 0 Å². The number of nitrogens with one attached hydrogen (secondary N) is 1. The zero-order valence-corrected chi connectivity index (χ0v) is 13.4. The van der Waals surface area contributed by atoms with Crippen molar-refractivity contribution in [3.63, 3.8) is 0 Å². The summed E-state index contributed by atoms with van der Waals surface area (Å²) in [6, 6.07) is 13.0. The van der Waals surface area contributed by atoms with Gasteiger partial charge in [0, 0.05) is 5.02 Å². The van der Waals surface area contributed by atoms with Gasteiger partial charge in [0.2, 0.25) is 0 Å². The van der Waals surface area contributed by atoms with Crippen molar-refractivity contribution in [1.29, 1.82) is 0 Å². The second kappa shape index (κ2) is 6.43. The fraction of sp³-hybridized carbons (Fsp3) is 0.333. The lowest BCUT2D eigenvalue weighted by Gasteiger charge is -2.23. The summed E-state index contributed by atoms with van der Waals surface area (Å²) >= 11 is 6.52. The monoisotopic (exact) mass is 287 g/mol. The van der Waals surface area contributed by atoms with Gasteiger partial charge in [-0.1, -0.05) is 60.5 Å². The molecule has 2 heteroatoms. The van der Waals surface area contributed by atoms with Gasteiger partial charge in [0.1, 0.15) is 0 Å². The van der Waals surface area contributed by atoms with Gasteiger partial charge < -0.3 is 5.32 Å². The minimum atomic E-state index is 0.146. The molecule has 0 fully saturated rings. The Morgan fingerprint density at radius 2 is 1.75 bits per heavy atom. The zero-order valence-electron chi connectivity index (χ0n) is 12.6. The lowest BCUT2D eigenvalue weighted by Crippen LogP contribution is -2.23. The van der Waals surface area contributed by atoms with E-state index in [1.165, 1.54) is 16.7 Å². The molecule has 0 aliphatic carbocycles. The van der Waals surface area contributed by atoms with E-state index in [4.69, 9.17) is 11.6 Å². The van der Waals surface area contributed by atoms with Crippen molar-refractivity contribution >= 4 is 11.6 Å². The average molecular weight is 288 g/mol. The van der Waals surface area contributed by atoms with Gasteiger partial charge >= 0.3 is 0 Å². The van der Waals surface area contributed by atoms with Crippen molar-refractivity contribution in [2.24, 2.45) is 0 Å². The van der Waals surface area contributed by atoms with Crippen LogP contribution in [0.1, 0.15) is 40.8 Å². The standard InChI is InChI=1S/C18H22ClN/c1-5-20-18(15-10-9-12(2)11-14(15)4)16-8-6-7-13(3)17(16)19/h6-11,18,20H,5H2,1-4H3. The molecule has 0 saturated carbocycles. The lowest BCUT2D eigenvalue weighted by atomic mass is 9.93. The van der Waals surface area contributed by atoms with Gasteiger partial charge in [0.25, 0.3) is 0 Å². The predicted octanol–water partition coefficient (Wildman–Crippen LogP) is 4.96. The van der Waals surface area contributed by atoms with Crippen LogP contribution in [0.2, 0.25) is 5.02 Å². The fourth-order valence-electron chi connectivity index (χ4n) is 2.63. The van der Waals surface area contributed by atoms with Crippen LogP contribution in [0.3, 0.4) is 0 Å². The summed E-state index contributed by atoms with van der Waals surface area (Å²) < 4.78 is 0. The highest BCUT2D eigenvalue weighted by atomic mass is 35.5. The van der Waals surface area contributed by atoms with E-state index < -0.39 is 0 Å².